The van der Waals surface area contributed by atoms with Crippen LogP contribution in [0.4, 0.5) is 0 Å². The Morgan fingerprint density at radius 2 is 2.15 bits per heavy atom. The first-order chi connectivity index (χ1) is 9.88. The van der Waals surface area contributed by atoms with Crippen molar-refractivity contribution in [2.45, 2.75) is 26.4 Å². The summed E-state index contributed by atoms with van der Waals surface area (Å²) >= 11 is 0. The van der Waals surface area contributed by atoms with Gasteiger partial charge in [-0.05, 0) is 19.0 Å². The van der Waals surface area contributed by atoms with Gasteiger partial charge in [0.2, 0.25) is 0 Å². The van der Waals surface area contributed by atoms with Crippen LogP contribution in [0.2, 0.25) is 0 Å². The van der Waals surface area contributed by atoms with Gasteiger partial charge in [-0.15, -0.1) is 0 Å². The second kappa shape index (κ2) is 6.25. The number of para-hydroxylation sites is 1. The van der Waals surface area contributed by atoms with Crippen LogP contribution in [0.5, 0.6) is 0 Å². The van der Waals surface area contributed by atoms with Gasteiger partial charge in [-0.3, -0.25) is 4.90 Å². The van der Waals surface area contributed by atoms with Crippen molar-refractivity contribution in [2.75, 3.05) is 19.6 Å². The van der Waals surface area contributed by atoms with E-state index in [9.17, 15) is 0 Å². The Morgan fingerprint density at radius 3 is 2.95 bits per heavy atom. The largest absolute Gasteiger partial charge is 0.459 e. The number of benzene rings is 1. The third kappa shape index (κ3) is 2.79. The number of fused-ring (bicyclic) bond motifs is 1. The molecule has 2 aromatic rings. The topological polar surface area (TPSA) is 28.4 Å². The Kier molecular flexibility index (Phi) is 4.19. The molecule has 106 valence electrons. The lowest BCUT2D eigenvalue weighted by Crippen LogP contribution is -2.27. The maximum Gasteiger partial charge on any atom is 0.134 e. The van der Waals surface area contributed by atoms with Gasteiger partial charge in [0.1, 0.15) is 11.3 Å². The SMILES string of the molecule is CCNCc1c(CN2CC=CCC2)oc2ccccc12. The van der Waals surface area contributed by atoms with Gasteiger partial charge in [-0.25, -0.2) is 0 Å². The second-order valence-corrected chi connectivity index (χ2v) is 5.28. The van der Waals surface area contributed by atoms with Crippen LogP contribution in [-0.2, 0) is 13.1 Å². The van der Waals surface area contributed by atoms with Gasteiger partial charge in [0.25, 0.3) is 0 Å². The fourth-order valence-corrected chi connectivity index (χ4v) is 2.76. The molecule has 0 saturated heterocycles. The van der Waals surface area contributed by atoms with E-state index in [4.69, 9.17) is 4.42 Å². The first-order valence-electron chi connectivity index (χ1n) is 7.46. The van der Waals surface area contributed by atoms with Crippen molar-refractivity contribution in [3.8, 4) is 0 Å². The van der Waals surface area contributed by atoms with E-state index in [0.29, 0.717) is 0 Å². The molecule has 3 nitrogen and oxygen atoms in total. The summed E-state index contributed by atoms with van der Waals surface area (Å²) in [4.78, 5) is 2.44. The molecule has 0 radical (unpaired) electrons. The van der Waals surface area contributed by atoms with Gasteiger partial charge in [-0.1, -0.05) is 37.3 Å². The molecule has 0 bridgehead atoms. The van der Waals surface area contributed by atoms with E-state index in [1.54, 1.807) is 0 Å². The number of hydrogen-bond acceptors (Lipinski definition) is 3. The van der Waals surface area contributed by atoms with Gasteiger partial charge in [-0.2, -0.15) is 0 Å². The second-order valence-electron chi connectivity index (χ2n) is 5.28. The molecule has 3 heteroatoms. The molecule has 1 N–H and O–H groups in total. The normalized spacial score (nSPS) is 16.1. The third-order valence-corrected chi connectivity index (χ3v) is 3.84. The van der Waals surface area contributed by atoms with Crippen molar-refractivity contribution < 1.29 is 4.42 Å². The van der Waals surface area contributed by atoms with Crippen molar-refractivity contribution in [3.05, 3.63) is 47.7 Å². The van der Waals surface area contributed by atoms with E-state index < -0.39 is 0 Å². The number of nitrogens with zero attached hydrogens (tertiary/aromatic N) is 1. The molecule has 0 unspecified atom stereocenters. The van der Waals surface area contributed by atoms with E-state index in [0.717, 1.165) is 50.5 Å². The molecule has 1 aromatic heterocycles. The van der Waals surface area contributed by atoms with Crippen LogP contribution < -0.4 is 5.32 Å². The number of hydrogen-bond donors (Lipinski definition) is 1. The summed E-state index contributed by atoms with van der Waals surface area (Å²) in [5.41, 5.74) is 2.32. The van der Waals surface area contributed by atoms with Crippen LogP contribution in [0.1, 0.15) is 24.7 Å². The van der Waals surface area contributed by atoms with Gasteiger partial charge >= 0.3 is 0 Å². The Morgan fingerprint density at radius 1 is 1.25 bits per heavy atom. The Hall–Kier alpha value is -1.58. The highest BCUT2D eigenvalue weighted by atomic mass is 16.3. The summed E-state index contributed by atoms with van der Waals surface area (Å²) in [5, 5.41) is 4.67. The molecule has 0 fully saturated rings. The van der Waals surface area contributed by atoms with E-state index in [1.165, 1.54) is 10.9 Å². The predicted molar refractivity (Wildman–Crippen MR) is 82.6 cm³/mol. The molecule has 3 rings (SSSR count). The molecule has 1 aliphatic heterocycles. The predicted octanol–water partition coefficient (Wildman–Crippen LogP) is 3.30. The monoisotopic (exact) mass is 270 g/mol. The van der Waals surface area contributed by atoms with Crippen LogP contribution in [0, 0.1) is 0 Å². The highest BCUT2D eigenvalue weighted by Crippen LogP contribution is 2.27. The number of furan rings is 1. The van der Waals surface area contributed by atoms with E-state index >= 15 is 0 Å². The minimum atomic E-state index is 0.881. The lowest BCUT2D eigenvalue weighted by atomic mass is 10.1. The van der Waals surface area contributed by atoms with Crippen LogP contribution in [0.3, 0.4) is 0 Å². The Balaban J connectivity index is 1.89. The first-order valence-corrected chi connectivity index (χ1v) is 7.46. The summed E-state index contributed by atoms with van der Waals surface area (Å²) in [6.45, 7) is 7.04. The molecular weight excluding hydrogens is 248 g/mol. The summed E-state index contributed by atoms with van der Waals surface area (Å²) in [5.74, 6) is 1.11. The van der Waals surface area contributed by atoms with E-state index in [-0.39, 0.29) is 0 Å². The highest BCUT2D eigenvalue weighted by molar-refractivity contribution is 5.82. The standard InChI is InChI=1S/C17H22N2O/c1-2-18-12-15-14-8-4-5-9-16(14)20-17(15)13-19-10-6-3-7-11-19/h3-6,8-9,18H,2,7,10-13H2,1H3. The Bertz CT molecular complexity index is 600. The van der Waals surface area contributed by atoms with Crippen molar-refractivity contribution in [1.82, 2.24) is 10.2 Å². The summed E-state index contributed by atoms with van der Waals surface area (Å²) in [6.07, 6.45) is 5.65. The van der Waals surface area contributed by atoms with Crippen LogP contribution in [0.25, 0.3) is 11.0 Å². The maximum atomic E-state index is 6.09. The molecule has 0 aliphatic carbocycles. The average Bonchev–Trinajstić information content (AvgIpc) is 2.83. The van der Waals surface area contributed by atoms with E-state index in [1.807, 2.05) is 6.07 Å². The third-order valence-electron chi connectivity index (χ3n) is 3.84. The fraction of sp³-hybridized carbons (Fsp3) is 0.412. The molecule has 2 heterocycles. The van der Waals surface area contributed by atoms with Crippen molar-refractivity contribution in [3.63, 3.8) is 0 Å². The van der Waals surface area contributed by atoms with Crippen molar-refractivity contribution >= 4 is 11.0 Å². The molecule has 0 amide bonds. The van der Waals surface area contributed by atoms with Crippen LogP contribution in [0.15, 0.2) is 40.8 Å². The minimum Gasteiger partial charge on any atom is -0.459 e. The maximum absolute atomic E-state index is 6.09. The Labute approximate surface area is 120 Å². The highest BCUT2D eigenvalue weighted by Gasteiger charge is 2.16. The zero-order valence-corrected chi connectivity index (χ0v) is 12.1. The lowest BCUT2D eigenvalue weighted by Gasteiger charge is -2.22. The number of rotatable bonds is 5. The molecule has 20 heavy (non-hydrogen) atoms. The zero-order valence-electron chi connectivity index (χ0n) is 12.1. The van der Waals surface area contributed by atoms with Gasteiger partial charge in [0.15, 0.2) is 0 Å². The fourth-order valence-electron chi connectivity index (χ4n) is 2.76. The van der Waals surface area contributed by atoms with E-state index in [2.05, 4.69) is 47.5 Å². The molecule has 1 aromatic carbocycles. The molecule has 0 atom stereocenters. The van der Waals surface area contributed by atoms with Crippen molar-refractivity contribution in [2.24, 2.45) is 0 Å². The smallest absolute Gasteiger partial charge is 0.134 e. The van der Waals surface area contributed by atoms with Gasteiger partial charge in [0, 0.05) is 30.6 Å². The van der Waals surface area contributed by atoms with Gasteiger partial charge < -0.3 is 9.73 Å². The quantitative estimate of drug-likeness (QED) is 0.845. The number of nitrogens with one attached hydrogen (secondary N) is 1. The molecule has 1 aliphatic rings. The average molecular weight is 270 g/mol. The minimum absolute atomic E-state index is 0.881. The summed E-state index contributed by atoms with van der Waals surface area (Å²) < 4.78 is 6.09. The summed E-state index contributed by atoms with van der Waals surface area (Å²) in [7, 11) is 0. The molecular formula is C17H22N2O. The van der Waals surface area contributed by atoms with Gasteiger partial charge in [0.05, 0.1) is 6.54 Å². The van der Waals surface area contributed by atoms with Crippen LogP contribution >= 0.6 is 0 Å². The first kappa shape index (κ1) is 13.4. The molecule has 0 spiro atoms. The molecule has 0 saturated carbocycles. The van der Waals surface area contributed by atoms with Crippen LogP contribution in [-0.4, -0.2) is 24.5 Å². The summed E-state index contributed by atoms with van der Waals surface area (Å²) in [6, 6.07) is 8.34. The zero-order chi connectivity index (χ0) is 13.8. The van der Waals surface area contributed by atoms with Crippen molar-refractivity contribution in [1.29, 1.82) is 0 Å². The lowest BCUT2D eigenvalue weighted by molar-refractivity contribution is 0.266.